The van der Waals surface area contributed by atoms with Gasteiger partial charge in [0, 0.05) is 36.7 Å². The molecule has 1 aliphatic heterocycles. The van der Waals surface area contributed by atoms with Gasteiger partial charge in [0.15, 0.2) is 0 Å². The average Bonchev–Trinajstić information content (AvgIpc) is 2.82. The minimum absolute atomic E-state index is 0.239. The van der Waals surface area contributed by atoms with Crippen molar-refractivity contribution >= 4 is 11.6 Å². The Kier molecular flexibility index (Phi) is 4.62. The Bertz CT molecular complexity index is 394. The maximum absolute atomic E-state index is 6.28. The van der Waals surface area contributed by atoms with Gasteiger partial charge in [0.2, 0.25) is 0 Å². The van der Waals surface area contributed by atoms with E-state index in [-0.39, 0.29) is 6.04 Å². The predicted molar refractivity (Wildman–Crippen MR) is 76.9 cm³/mol. The van der Waals surface area contributed by atoms with E-state index in [9.17, 15) is 0 Å². The fourth-order valence-corrected chi connectivity index (χ4v) is 2.95. The molecule has 2 atom stereocenters. The van der Waals surface area contributed by atoms with Gasteiger partial charge in [0.1, 0.15) is 0 Å². The van der Waals surface area contributed by atoms with Gasteiger partial charge in [-0.2, -0.15) is 0 Å². The quantitative estimate of drug-likeness (QED) is 0.906. The van der Waals surface area contributed by atoms with Crippen molar-refractivity contribution in [2.45, 2.75) is 18.5 Å². The van der Waals surface area contributed by atoms with E-state index in [2.05, 4.69) is 30.0 Å². The number of hydrogen-bond donors (Lipinski definition) is 1. The van der Waals surface area contributed by atoms with Crippen LogP contribution < -0.4 is 5.73 Å². The second kappa shape index (κ2) is 6.02. The maximum atomic E-state index is 6.28. The summed E-state index contributed by atoms with van der Waals surface area (Å²) < 4.78 is 0. The Hall–Kier alpha value is -0.610. The molecule has 1 aromatic carbocycles. The summed E-state index contributed by atoms with van der Waals surface area (Å²) in [4.78, 5) is 4.74. The highest BCUT2D eigenvalue weighted by Crippen LogP contribution is 2.30. The van der Waals surface area contributed by atoms with Crippen LogP contribution in [0.15, 0.2) is 24.3 Å². The molecule has 18 heavy (non-hydrogen) atoms. The van der Waals surface area contributed by atoms with Crippen LogP contribution in [0.5, 0.6) is 0 Å². The van der Waals surface area contributed by atoms with Gasteiger partial charge in [-0.3, -0.25) is 4.90 Å². The van der Waals surface area contributed by atoms with Crippen molar-refractivity contribution in [2.24, 2.45) is 5.73 Å². The second-order valence-electron chi connectivity index (χ2n) is 5.17. The zero-order valence-electron chi connectivity index (χ0n) is 11.1. The summed E-state index contributed by atoms with van der Waals surface area (Å²) in [6.45, 7) is 2.78. The molecule has 2 N–H and O–H groups in total. The normalized spacial score (nSPS) is 22.6. The van der Waals surface area contributed by atoms with E-state index in [0.717, 1.165) is 23.7 Å². The molecule has 2 rings (SSSR count). The molecule has 0 aliphatic carbocycles. The summed E-state index contributed by atoms with van der Waals surface area (Å²) in [6.07, 6.45) is 1.20. The van der Waals surface area contributed by atoms with Crippen LogP contribution >= 0.6 is 11.6 Å². The summed E-state index contributed by atoms with van der Waals surface area (Å²) in [7, 11) is 4.28. The van der Waals surface area contributed by atoms with Gasteiger partial charge >= 0.3 is 0 Å². The summed E-state index contributed by atoms with van der Waals surface area (Å²) in [5.41, 5.74) is 7.11. The van der Waals surface area contributed by atoms with Crippen LogP contribution in [-0.2, 0) is 0 Å². The summed E-state index contributed by atoms with van der Waals surface area (Å²) in [6, 6.07) is 8.89. The standard InChI is InChI=1S/C14H22ClN3/c1-17(2)11-7-8-18(10-11)14(9-16)12-5-3-4-6-13(12)15/h3-6,11,14H,7-10,16H2,1-2H3. The topological polar surface area (TPSA) is 32.5 Å². The summed E-state index contributed by atoms with van der Waals surface area (Å²) in [5, 5.41) is 0.821. The van der Waals surface area contributed by atoms with E-state index >= 15 is 0 Å². The SMILES string of the molecule is CN(C)C1CCN(C(CN)c2ccccc2Cl)C1. The molecule has 0 radical (unpaired) electrons. The van der Waals surface area contributed by atoms with E-state index in [1.807, 2.05) is 18.2 Å². The molecule has 1 heterocycles. The molecule has 1 aromatic rings. The minimum atomic E-state index is 0.239. The molecule has 1 aliphatic rings. The zero-order valence-corrected chi connectivity index (χ0v) is 11.9. The Labute approximate surface area is 115 Å². The van der Waals surface area contributed by atoms with E-state index in [0.29, 0.717) is 12.6 Å². The molecule has 0 saturated carbocycles. The fourth-order valence-electron chi connectivity index (χ4n) is 2.69. The smallest absolute Gasteiger partial charge is 0.0485 e. The third kappa shape index (κ3) is 2.86. The number of nitrogens with zero attached hydrogens (tertiary/aromatic N) is 2. The molecule has 3 nitrogen and oxygen atoms in total. The lowest BCUT2D eigenvalue weighted by atomic mass is 10.1. The highest BCUT2D eigenvalue weighted by atomic mass is 35.5. The highest BCUT2D eigenvalue weighted by Gasteiger charge is 2.30. The van der Waals surface area contributed by atoms with Crippen LogP contribution in [0.1, 0.15) is 18.0 Å². The highest BCUT2D eigenvalue weighted by molar-refractivity contribution is 6.31. The number of rotatable bonds is 4. The van der Waals surface area contributed by atoms with Crippen LogP contribution in [0.4, 0.5) is 0 Å². The van der Waals surface area contributed by atoms with E-state index < -0.39 is 0 Å². The minimum Gasteiger partial charge on any atom is -0.329 e. The Morgan fingerprint density at radius 3 is 2.72 bits per heavy atom. The molecular weight excluding hydrogens is 246 g/mol. The summed E-state index contributed by atoms with van der Waals surface area (Å²) >= 11 is 6.28. The van der Waals surface area contributed by atoms with Gasteiger partial charge in [-0.05, 0) is 32.1 Å². The number of likely N-dealkylation sites (tertiary alicyclic amines) is 1. The van der Waals surface area contributed by atoms with Crippen LogP contribution in [0.25, 0.3) is 0 Å². The first-order valence-corrected chi connectivity index (χ1v) is 6.86. The molecule has 4 heteroatoms. The van der Waals surface area contributed by atoms with Crippen LogP contribution in [0.3, 0.4) is 0 Å². The Balaban J connectivity index is 2.13. The first-order chi connectivity index (χ1) is 8.63. The lowest BCUT2D eigenvalue weighted by molar-refractivity contribution is 0.220. The van der Waals surface area contributed by atoms with Gasteiger partial charge in [0.25, 0.3) is 0 Å². The number of hydrogen-bond acceptors (Lipinski definition) is 3. The first-order valence-electron chi connectivity index (χ1n) is 6.48. The van der Waals surface area contributed by atoms with E-state index in [1.54, 1.807) is 0 Å². The molecule has 2 unspecified atom stereocenters. The van der Waals surface area contributed by atoms with Crippen LogP contribution in [0.2, 0.25) is 5.02 Å². The monoisotopic (exact) mass is 267 g/mol. The van der Waals surface area contributed by atoms with Crippen LogP contribution in [0, 0.1) is 0 Å². The molecular formula is C14H22ClN3. The van der Waals surface area contributed by atoms with E-state index in [1.165, 1.54) is 6.42 Å². The molecule has 1 fully saturated rings. The van der Waals surface area contributed by atoms with Crippen molar-refractivity contribution < 1.29 is 0 Å². The van der Waals surface area contributed by atoms with Crippen molar-refractivity contribution in [2.75, 3.05) is 33.7 Å². The van der Waals surface area contributed by atoms with Gasteiger partial charge in [-0.1, -0.05) is 29.8 Å². The van der Waals surface area contributed by atoms with Gasteiger partial charge in [-0.25, -0.2) is 0 Å². The number of nitrogens with two attached hydrogens (primary N) is 1. The molecule has 0 amide bonds. The molecule has 100 valence electrons. The summed E-state index contributed by atoms with van der Waals surface area (Å²) in [5.74, 6) is 0. The lowest BCUT2D eigenvalue weighted by Gasteiger charge is -2.28. The Morgan fingerprint density at radius 1 is 1.44 bits per heavy atom. The third-order valence-corrected chi connectivity index (χ3v) is 4.20. The molecule has 0 spiro atoms. The maximum Gasteiger partial charge on any atom is 0.0485 e. The van der Waals surface area contributed by atoms with Crippen LogP contribution in [-0.4, -0.2) is 49.6 Å². The zero-order chi connectivity index (χ0) is 13.1. The Morgan fingerprint density at radius 2 is 2.17 bits per heavy atom. The molecule has 0 bridgehead atoms. The van der Waals surface area contributed by atoms with E-state index in [4.69, 9.17) is 17.3 Å². The van der Waals surface area contributed by atoms with Crippen molar-refractivity contribution in [3.05, 3.63) is 34.9 Å². The fraction of sp³-hybridized carbons (Fsp3) is 0.571. The van der Waals surface area contributed by atoms with Crippen molar-refractivity contribution in [1.82, 2.24) is 9.80 Å². The number of benzene rings is 1. The van der Waals surface area contributed by atoms with Gasteiger partial charge < -0.3 is 10.6 Å². The number of likely N-dealkylation sites (N-methyl/N-ethyl adjacent to an activating group) is 1. The van der Waals surface area contributed by atoms with Crippen molar-refractivity contribution in [1.29, 1.82) is 0 Å². The van der Waals surface area contributed by atoms with Gasteiger partial charge in [-0.15, -0.1) is 0 Å². The average molecular weight is 268 g/mol. The van der Waals surface area contributed by atoms with Gasteiger partial charge in [0.05, 0.1) is 0 Å². The van der Waals surface area contributed by atoms with Crippen molar-refractivity contribution in [3.63, 3.8) is 0 Å². The van der Waals surface area contributed by atoms with Crippen molar-refractivity contribution in [3.8, 4) is 0 Å². The molecule has 1 saturated heterocycles. The lowest BCUT2D eigenvalue weighted by Crippen LogP contribution is -2.36. The molecule has 0 aromatic heterocycles. The number of halogens is 1. The third-order valence-electron chi connectivity index (χ3n) is 3.85. The predicted octanol–water partition coefficient (Wildman–Crippen LogP) is 1.98. The largest absolute Gasteiger partial charge is 0.329 e. The second-order valence-corrected chi connectivity index (χ2v) is 5.58. The first kappa shape index (κ1) is 13.8.